The van der Waals surface area contributed by atoms with Crippen LogP contribution in [-0.4, -0.2) is 12.2 Å². The summed E-state index contributed by atoms with van der Waals surface area (Å²) in [4.78, 5) is 23.6. The molecule has 0 unspecified atom stereocenters. The van der Waals surface area contributed by atoms with Gasteiger partial charge in [-0.2, -0.15) is 0 Å². The van der Waals surface area contributed by atoms with E-state index in [-0.39, 0.29) is 0 Å². The monoisotopic (exact) mass is 376 g/mol. The summed E-state index contributed by atoms with van der Waals surface area (Å²) < 4.78 is 10.3. The highest BCUT2D eigenvalue weighted by Gasteiger charge is 2.05. The van der Waals surface area contributed by atoms with Crippen molar-refractivity contribution in [3.63, 3.8) is 0 Å². The lowest BCUT2D eigenvalue weighted by molar-refractivity contribution is 0.199. The van der Waals surface area contributed by atoms with Crippen molar-refractivity contribution < 1.29 is 19.1 Å². The molecular formula is C22H20N2O4. The van der Waals surface area contributed by atoms with Crippen LogP contribution in [0.1, 0.15) is 11.1 Å². The van der Waals surface area contributed by atoms with Crippen molar-refractivity contribution in [2.24, 2.45) is 0 Å². The van der Waals surface area contributed by atoms with Crippen LogP contribution < -0.4 is 20.1 Å². The first-order chi connectivity index (χ1) is 13.7. The number of benzene rings is 3. The maximum atomic E-state index is 11.8. The van der Waals surface area contributed by atoms with Crippen LogP contribution >= 0.6 is 0 Å². The smallest absolute Gasteiger partial charge is 0.410 e. The van der Waals surface area contributed by atoms with Gasteiger partial charge in [-0.15, -0.1) is 0 Å². The number of amides is 2. The van der Waals surface area contributed by atoms with E-state index in [1.165, 1.54) is 0 Å². The molecule has 6 nitrogen and oxygen atoms in total. The zero-order valence-corrected chi connectivity index (χ0v) is 15.1. The highest BCUT2D eigenvalue weighted by molar-refractivity contribution is 5.70. The molecule has 3 rings (SSSR count). The predicted molar refractivity (Wildman–Crippen MR) is 105 cm³/mol. The van der Waals surface area contributed by atoms with E-state index in [0.717, 1.165) is 11.1 Å². The fourth-order valence-electron chi connectivity index (χ4n) is 2.39. The SMILES string of the molecule is O=C(NCc1ccc(CNC(=O)Oc2ccccc2)cc1)Oc1ccccc1. The molecule has 2 amide bonds. The average Bonchev–Trinajstić information content (AvgIpc) is 2.73. The number of ether oxygens (including phenoxy) is 2. The fourth-order valence-corrected chi connectivity index (χ4v) is 2.39. The molecule has 0 bridgehead atoms. The Morgan fingerprint density at radius 3 is 1.29 bits per heavy atom. The van der Waals surface area contributed by atoms with Crippen molar-refractivity contribution in [1.29, 1.82) is 0 Å². The number of hydrogen-bond donors (Lipinski definition) is 2. The average molecular weight is 376 g/mol. The lowest BCUT2D eigenvalue weighted by Crippen LogP contribution is -2.26. The molecule has 3 aromatic rings. The molecule has 0 saturated carbocycles. The minimum absolute atomic E-state index is 0.343. The van der Waals surface area contributed by atoms with E-state index in [0.29, 0.717) is 24.6 Å². The van der Waals surface area contributed by atoms with Crippen LogP contribution in [0.15, 0.2) is 84.9 Å². The van der Waals surface area contributed by atoms with Gasteiger partial charge in [-0.25, -0.2) is 9.59 Å². The lowest BCUT2D eigenvalue weighted by atomic mass is 10.1. The van der Waals surface area contributed by atoms with Crippen molar-refractivity contribution in [2.45, 2.75) is 13.1 Å². The van der Waals surface area contributed by atoms with Gasteiger partial charge in [-0.1, -0.05) is 60.7 Å². The van der Waals surface area contributed by atoms with Crippen molar-refractivity contribution in [3.05, 3.63) is 96.1 Å². The van der Waals surface area contributed by atoms with Crippen LogP contribution in [0, 0.1) is 0 Å². The lowest BCUT2D eigenvalue weighted by Gasteiger charge is -2.09. The summed E-state index contributed by atoms with van der Waals surface area (Å²) in [7, 11) is 0. The van der Waals surface area contributed by atoms with E-state index in [1.807, 2.05) is 36.4 Å². The van der Waals surface area contributed by atoms with Gasteiger partial charge in [-0.3, -0.25) is 0 Å². The van der Waals surface area contributed by atoms with Crippen LogP contribution in [0.25, 0.3) is 0 Å². The van der Waals surface area contributed by atoms with Gasteiger partial charge in [0.15, 0.2) is 0 Å². The molecule has 6 heteroatoms. The second kappa shape index (κ2) is 9.78. The largest absolute Gasteiger partial charge is 0.412 e. The van der Waals surface area contributed by atoms with Crippen LogP contribution in [0.4, 0.5) is 9.59 Å². The summed E-state index contributed by atoms with van der Waals surface area (Å²) in [5.74, 6) is 0.979. The minimum atomic E-state index is -0.513. The van der Waals surface area contributed by atoms with E-state index in [9.17, 15) is 9.59 Å². The molecule has 0 aliphatic rings. The molecule has 3 aromatic carbocycles. The van der Waals surface area contributed by atoms with Gasteiger partial charge >= 0.3 is 12.2 Å². The Bertz CT molecular complexity index is 820. The Balaban J connectivity index is 1.40. The van der Waals surface area contributed by atoms with Gasteiger partial charge in [0.1, 0.15) is 11.5 Å². The van der Waals surface area contributed by atoms with Crippen LogP contribution in [0.2, 0.25) is 0 Å². The van der Waals surface area contributed by atoms with Crippen LogP contribution in [0.5, 0.6) is 11.5 Å². The highest BCUT2D eigenvalue weighted by atomic mass is 16.6. The number of carbonyl (C=O) groups excluding carboxylic acids is 2. The van der Waals surface area contributed by atoms with Gasteiger partial charge < -0.3 is 20.1 Å². The summed E-state index contributed by atoms with van der Waals surface area (Å²) in [6.07, 6.45) is -1.03. The Kier molecular flexibility index (Phi) is 6.62. The molecule has 2 N–H and O–H groups in total. The first-order valence-electron chi connectivity index (χ1n) is 8.78. The van der Waals surface area contributed by atoms with E-state index in [2.05, 4.69) is 10.6 Å². The third-order valence-corrected chi connectivity index (χ3v) is 3.80. The van der Waals surface area contributed by atoms with E-state index >= 15 is 0 Å². The summed E-state index contributed by atoms with van der Waals surface area (Å²) in [5.41, 5.74) is 1.83. The molecule has 0 saturated heterocycles. The third kappa shape index (κ3) is 6.17. The Hall–Kier alpha value is -3.80. The molecular weight excluding hydrogens is 356 g/mol. The summed E-state index contributed by atoms with van der Waals surface area (Å²) in [6.45, 7) is 0.685. The number of carbonyl (C=O) groups is 2. The molecule has 0 aliphatic heterocycles. The highest BCUT2D eigenvalue weighted by Crippen LogP contribution is 2.10. The zero-order valence-electron chi connectivity index (χ0n) is 15.1. The summed E-state index contributed by atoms with van der Waals surface area (Å²) >= 11 is 0. The first-order valence-corrected chi connectivity index (χ1v) is 8.78. The van der Waals surface area contributed by atoms with Gasteiger partial charge in [-0.05, 0) is 35.4 Å². The molecule has 28 heavy (non-hydrogen) atoms. The first kappa shape index (κ1) is 19.0. The predicted octanol–water partition coefficient (Wildman–Crippen LogP) is 4.26. The second-order valence-electron chi connectivity index (χ2n) is 5.93. The van der Waals surface area contributed by atoms with Gasteiger partial charge in [0.2, 0.25) is 0 Å². The van der Waals surface area contributed by atoms with E-state index in [4.69, 9.17) is 9.47 Å². The van der Waals surface area contributed by atoms with Crippen molar-refractivity contribution in [2.75, 3.05) is 0 Å². The Morgan fingerprint density at radius 1 is 0.571 bits per heavy atom. The maximum Gasteiger partial charge on any atom is 0.412 e. The van der Waals surface area contributed by atoms with Crippen molar-refractivity contribution >= 4 is 12.2 Å². The number of para-hydroxylation sites is 2. The standard InChI is InChI=1S/C22H20N2O4/c25-21(27-19-7-3-1-4-8-19)23-15-17-11-13-18(14-12-17)16-24-22(26)28-20-9-5-2-6-10-20/h1-14H,15-16H2,(H,23,25)(H,24,26). The van der Waals surface area contributed by atoms with Gasteiger partial charge in [0.25, 0.3) is 0 Å². The quantitative estimate of drug-likeness (QED) is 0.674. The molecule has 0 spiro atoms. The fraction of sp³-hybridized carbons (Fsp3) is 0.0909. The Labute approximate surface area is 163 Å². The van der Waals surface area contributed by atoms with Crippen molar-refractivity contribution in [1.82, 2.24) is 10.6 Å². The molecule has 0 aliphatic carbocycles. The molecule has 0 heterocycles. The zero-order chi connectivity index (χ0) is 19.6. The van der Waals surface area contributed by atoms with Gasteiger partial charge in [0.05, 0.1) is 0 Å². The number of nitrogens with one attached hydrogen (secondary N) is 2. The molecule has 0 fully saturated rings. The molecule has 0 atom stereocenters. The van der Waals surface area contributed by atoms with Gasteiger partial charge in [0, 0.05) is 13.1 Å². The summed E-state index contributed by atoms with van der Waals surface area (Å²) in [6, 6.07) is 25.2. The number of hydrogen-bond acceptors (Lipinski definition) is 4. The van der Waals surface area contributed by atoms with Crippen LogP contribution in [0.3, 0.4) is 0 Å². The van der Waals surface area contributed by atoms with Crippen LogP contribution in [-0.2, 0) is 13.1 Å². The second-order valence-corrected chi connectivity index (χ2v) is 5.93. The third-order valence-electron chi connectivity index (χ3n) is 3.80. The molecule has 0 aromatic heterocycles. The maximum absolute atomic E-state index is 11.8. The molecule has 142 valence electrons. The van der Waals surface area contributed by atoms with E-state index < -0.39 is 12.2 Å². The summed E-state index contributed by atoms with van der Waals surface area (Å²) in [5, 5.41) is 5.39. The normalized spacial score (nSPS) is 10.0. The van der Waals surface area contributed by atoms with Crippen molar-refractivity contribution in [3.8, 4) is 11.5 Å². The Morgan fingerprint density at radius 2 is 0.929 bits per heavy atom. The minimum Gasteiger partial charge on any atom is -0.410 e. The van der Waals surface area contributed by atoms with E-state index in [1.54, 1.807) is 48.5 Å². The molecule has 0 radical (unpaired) electrons. The topological polar surface area (TPSA) is 76.7 Å². The number of rotatable bonds is 6.